The molecule has 3 heterocycles. The third-order valence-electron chi connectivity index (χ3n) is 5.93. The number of aryl methyl sites for hydroxylation is 1. The van der Waals surface area contributed by atoms with E-state index < -0.39 is 0 Å². The van der Waals surface area contributed by atoms with E-state index in [2.05, 4.69) is 15.3 Å². The van der Waals surface area contributed by atoms with Crippen LogP contribution in [0.15, 0.2) is 41.3 Å². The molecule has 4 aromatic rings. The van der Waals surface area contributed by atoms with E-state index in [9.17, 15) is 4.79 Å². The van der Waals surface area contributed by atoms with Crippen LogP contribution in [0.2, 0.25) is 5.02 Å². The zero-order valence-electron chi connectivity index (χ0n) is 16.3. The van der Waals surface area contributed by atoms with Crippen LogP contribution in [0.3, 0.4) is 0 Å². The number of pyridine rings is 1. The summed E-state index contributed by atoms with van der Waals surface area (Å²) in [4.78, 5) is 13.2. The monoisotopic (exact) mass is 407 g/mol. The predicted molar refractivity (Wildman–Crippen MR) is 114 cm³/mol. The number of halogens is 1. The Balaban J connectivity index is 1.68. The number of fused-ring (bicyclic) bond motifs is 3. The van der Waals surface area contributed by atoms with E-state index in [0.29, 0.717) is 21.7 Å². The second kappa shape index (κ2) is 7.26. The van der Waals surface area contributed by atoms with Gasteiger partial charge in [0.05, 0.1) is 11.3 Å². The van der Waals surface area contributed by atoms with Crippen molar-refractivity contribution in [3.8, 4) is 11.1 Å². The predicted octanol–water partition coefficient (Wildman–Crippen LogP) is 4.96. The first-order valence-corrected chi connectivity index (χ1v) is 10.5. The first-order valence-electron chi connectivity index (χ1n) is 10.2. The minimum Gasteiger partial charge on any atom is -0.310 e. The van der Waals surface area contributed by atoms with Gasteiger partial charge in [0, 0.05) is 17.3 Å². The minimum absolute atomic E-state index is 0.0787. The van der Waals surface area contributed by atoms with Crippen LogP contribution in [0.25, 0.3) is 27.8 Å². The largest absolute Gasteiger partial charge is 0.310 e. The van der Waals surface area contributed by atoms with Crippen molar-refractivity contribution >= 4 is 28.3 Å². The highest BCUT2D eigenvalue weighted by atomic mass is 35.5. The van der Waals surface area contributed by atoms with Crippen LogP contribution in [-0.4, -0.2) is 24.4 Å². The highest BCUT2D eigenvalue weighted by molar-refractivity contribution is 6.30. The summed E-state index contributed by atoms with van der Waals surface area (Å²) in [5.74, 6) is 0. The van der Waals surface area contributed by atoms with Crippen molar-refractivity contribution in [1.29, 1.82) is 0 Å². The standard InChI is InChI=1S/C22H22ClN5O/c1-14-19(15-8-10-16(23)11-9-15)21-25-24-20-18(28(21)26-14)12-13-27(22(20)29)17-6-4-2-3-5-7-17/h8-13,17H,2-7H2,1H3. The van der Waals surface area contributed by atoms with Crippen molar-refractivity contribution in [2.24, 2.45) is 0 Å². The zero-order chi connectivity index (χ0) is 20.0. The maximum atomic E-state index is 13.2. The molecule has 0 amide bonds. The average molecular weight is 408 g/mol. The van der Waals surface area contributed by atoms with Crippen molar-refractivity contribution < 1.29 is 0 Å². The summed E-state index contributed by atoms with van der Waals surface area (Å²) >= 11 is 6.03. The van der Waals surface area contributed by atoms with E-state index in [1.807, 2.05) is 48.0 Å². The number of nitrogens with zero attached hydrogens (tertiary/aromatic N) is 5. The molecular weight excluding hydrogens is 386 g/mol. The number of rotatable bonds is 2. The Kier molecular flexibility index (Phi) is 4.59. The van der Waals surface area contributed by atoms with E-state index in [-0.39, 0.29) is 11.6 Å². The molecule has 1 fully saturated rings. The maximum Gasteiger partial charge on any atom is 0.280 e. The lowest BCUT2D eigenvalue weighted by Crippen LogP contribution is -2.25. The molecule has 0 aliphatic heterocycles. The normalized spacial score (nSPS) is 15.8. The van der Waals surface area contributed by atoms with Crippen LogP contribution in [0.5, 0.6) is 0 Å². The molecule has 1 aromatic carbocycles. The van der Waals surface area contributed by atoms with Gasteiger partial charge >= 0.3 is 0 Å². The smallest absolute Gasteiger partial charge is 0.280 e. The van der Waals surface area contributed by atoms with Crippen LogP contribution in [-0.2, 0) is 0 Å². The molecule has 3 aromatic heterocycles. The van der Waals surface area contributed by atoms with Gasteiger partial charge in [0.15, 0.2) is 11.2 Å². The lowest BCUT2D eigenvalue weighted by Gasteiger charge is -2.17. The quantitative estimate of drug-likeness (QED) is 0.440. The Morgan fingerprint density at radius 3 is 2.45 bits per heavy atom. The third kappa shape index (κ3) is 3.12. The fraction of sp³-hybridized carbons (Fsp3) is 0.364. The van der Waals surface area contributed by atoms with E-state index in [0.717, 1.165) is 29.7 Å². The SMILES string of the molecule is Cc1nn2c(nnc3c(=O)n(C4CCCCCC4)ccc32)c1-c1ccc(Cl)cc1. The van der Waals surface area contributed by atoms with Crippen LogP contribution in [0.1, 0.15) is 50.3 Å². The topological polar surface area (TPSA) is 65.1 Å². The lowest BCUT2D eigenvalue weighted by atomic mass is 10.1. The summed E-state index contributed by atoms with van der Waals surface area (Å²) in [6.07, 6.45) is 8.83. The van der Waals surface area contributed by atoms with Gasteiger partial charge in [0.2, 0.25) is 0 Å². The van der Waals surface area contributed by atoms with Gasteiger partial charge in [-0.2, -0.15) is 5.10 Å². The van der Waals surface area contributed by atoms with Gasteiger partial charge in [0.25, 0.3) is 5.56 Å². The van der Waals surface area contributed by atoms with E-state index in [1.54, 1.807) is 4.52 Å². The average Bonchev–Trinajstić information content (AvgIpc) is 2.89. The van der Waals surface area contributed by atoms with Crippen molar-refractivity contribution in [2.75, 3.05) is 0 Å². The van der Waals surface area contributed by atoms with Gasteiger partial charge in [-0.25, -0.2) is 4.52 Å². The summed E-state index contributed by atoms with van der Waals surface area (Å²) in [5, 5.41) is 14.1. The van der Waals surface area contributed by atoms with Gasteiger partial charge in [-0.15, -0.1) is 10.2 Å². The van der Waals surface area contributed by atoms with E-state index in [1.165, 1.54) is 25.7 Å². The van der Waals surface area contributed by atoms with Gasteiger partial charge in [-0.1, -0.05) is 49.4 Å². The van der Waals surface area contributed by atoms with Gasteiger partial charge in [0.1, 0.15) is 5.52 Å². The van der Waals surface area contributed by atoms with Crippen molar-refractivity contribution in [3.05, 3.63) is 57.6 Å². The molecule has 0 saturated heterocycles. The first kappa shape index (κ1) is 18.3. The molecule has 148 valence electrons. The molecule has 0 unspecified atom stereocenters. The molecule has 6 nitrogen and oxygen atoms in total. The highest BCUT2D eigenvalue weighted by Crippen LogP contribution is 2.30. The summed E-state index contributed by atoms with van der Waals surface area (Å²) < 4.78 is 3.59. The second-order valence-electron chi connectivity index (χ2n) is 7.81. The molecule has 0 bridgehead atoms. The molecule has 0 N–H and O–H groups in total. The van der Waals surface area contributed by atoms with Gasteiger partial charge in [-0.05, 0) is 43.5 Å². The molecular formula is C22H22ClN5O. The summed E-state index contributed by atoms with van der Waals surface area (Å²) in [6, 6.07) is 9.78. The number of benzene rings is 1. The Morgan fingerprint density at radius 1 is 1.00 bits per heavy atom. The number of hydrogen-bond donors (Lipinski definition) is 0. The lowest BCUT2D eigenvalue weighted by molar-refractivity contribution is 0.433. The molecule has 7 heteroatoms. The molecule has 1 aliphatic carbocycles. The fourth-order valence-corrected chi connectivity index (χ4v) is 4.57. The molecule has 29 heavy (non-hydrogen) atoms. The Labute approximate surface area is 173 Å². The molecule has 0 atom stereocenters. The Morgan fingerprint density at radius 2 is 1.72 bits per heavy atom. The van der Waals surface area contributed by atoms with Crippen molar-refractivity contribution in [2.45, 2.75) is 51.5 Å². The van der Waals surface area contributed by atoms with Gasteiger partial charge in [-0.3, -0.25) is 4.79 Å². The zero-order valence-corrected chi connectivity index (χ0v) is 17.1. The van der Waals surface area contributed by atoms with Gasteiger partial charge < -0.3 is 4.57 Å². The summed E-state index contributed by atoms with van der Waals surface area (Å²) in [7, 11) is 0. The number of aromatic nitrogens is 5. The Hall–Kier alpha value is -2.73. The molecule has 5 rings (SSSR count). The van der Waals surface area contributed by atoms with Crippen LogP contribution in [0, 0.1) is 6.92 Å². The minimum atomic E-state index is -0.0787. The first-order chi connectivity index (χ1) is 14.1. The van der Waals surface area contributed by atoms with Crippen LogP contribution >= 0.6 is 11.6 Å². The van der Waals surface area contributed by atoms with Crippen molar-refractivity contribution in [1.82, 2.24) is 24.4 Å². The molecule has 1 aliphatic rings. The van der Waals surface area contributed by atoms with E-state index >= 15 is 0 Å². The Bertz CT molecular complexity index is 1250. The molecule has 0 radical (unpaired) electrons. The third-order valence-corrected chi connectivity index (χ3v) is 6.18. The van der Waals surface area contributed by atoms with Crippen molar-refractivity contribution in [3.63, 3.8) is 0 Å². The highest BCUT2D eigenvalue weighted by Gasteiger charge is 2.20. The molecule has 0 spiro atoms. The summed E-state index contributed by atoms with van der Waals surface area (Å²) in [5.41, 5.74) is 4.34. The van der Waals surface area contributed by atoms with Crippen LogP contribution < -0.4 is 5.56 Å². The number of hydrogen-bond acceptors (Lipinski definition) is 4. The molecule has 1 saturated carbocycles. The van der Waals surface area contributed by atoms with E-state index in [4.69, 9.17) is 11.6 Å². The fourth-order valence-electron chi connectivity index (χ4n) is 4.45. The second-order valence-corrected chi connectivity index (χ2v) is 8.25. The van der Waals surface area contributed by atoms with Crippen LogP contribution in [0.4, 0.5) is 0 Å². The summed E-state index contributed by atoms with van der Waals surface area (Å²) in [6.45, 7) is 1.94. The maximum absolute atomic E-state index is 13.2.